The lowest BCUT2D eigenvalue weighted by Crippen LogP contribution is -2.49. The Morgan fingerprint density at radius 1 is 1.09 bits per heavy atom. The normalized spacial score (nSPS) is 15.3. The van der Waals surface area contributed by atoms with Gasteiger partial charge in [0.05, 0.1) is 5.39 Å². The van der Waals surface area contributed by atoms with E-state index >= 15 is 0 Å². The minimum Gasteiger partial charge on any atom is -0.481 e. The van der Waals surface area contributed by atoms with Gasteiger partial charge >= 0.3 is 0 Å². The van der Waals surface area contributed by atoms with Crippen LogP contribution < -0.4 is 15.6 Å². The third-order valence-electron chi connectivity index (χ3n) is 6.18. The van der Waals surface area contributed by atoms with E-state index in [1.807, 2.05) is 37.3 Å². The zero-order valence-electron chi connectivity index (χ0n) is 19.2. The maximum absolute atomic E-state index is 12.9. The first kappa shape index (κ1) is 22.6. The van der Waals surface area contributed by atoms with Crippen molar-refractivity contribution >= 4 is 22.6 Å². The number of hydrogen-bond donors (Lipinski definition) is 2. The highest BCUT2D eigenvalue weighted by Crippen LogP contribution is 2.30. The average molecular weight is 448 g/mol. The van der Waals surface area contributed by atoms with E-state index in [1.54, 1.807) is 30.2 Å². The standard InChI is InChI=1S/C26H29N3O4/c1-16-6-4-5-7-21(16)24-15-27-25(31)23-14-20(8-9-22(23)24)33-17(2)26(32)29-12-10-19(11-13-29)28-18(3)30/h4-9,14-15,17,19H,10-13H2,1-3H3,(H,27,31)(H,28,30). The molecular formula is C26H29N3O4. The van der Waals surface area contributed by atoms with Gasteiger partial charge in [-0.2, -0.15) is 0 Å². The van der Waals surface area contributed by atoms with Crippen LogP contribution in [-0.2, 0) is 9.59 Å². The summed E-state index contributed by atoms with van der Waals surface area (Å²) in [5, 5.41) is 4.26. The number of nitrogens with one attached hydrogen (secondary N) is 2. The highest BCUT2D eigenvalue weighted by Gasteiger charge is 2.27. The molecule has 7 heteroatoms. The average Bonchev–Trinajstić information content (AvgIpc) is 2.80. The Bertz CT molecular complexity index is 1240. The molecular weight excluding hydrogens is 418 g/mol. The van der Waals surface area contributed by atoms with Gasteiger partial charge in [0.25, 0.3) is 11.5 Å². The number of aromatic amines is 1. The lowest BCUT2D eigenvalue weighted by Gasteiger charge is -2.33. The van der Waals surface area contributed by atoms with Crippen molar-refractivity contribution in [3.63, 3.8) is 0 Å². The lowest BCUT2D eigenvalue weighted by atomic mass is 9.97. The molecule has 3 aromatic rings. The number of hydrogen-bond acceptors (Lipinski definition) is 4. The van der Waals surface area contributed by atoms with Crippen molar-refractivity contribution < 1.29 is 14.3 Å². The molecule has 0 saturated carbocycles. The molecule has 2 amide bonds. The van der Waals surface area contributed by atoms with Gasteiger partial charge in [0.15, 0.2) is 6.10 Å². The number of pyridine rings is 1. The second-order valence-corrected chi connectivity index (χ2v) is 8.61. The zero-order valence-corrected chi connectivity index (χ0v) is 19.2. The first-order chi connectivity index (χ1) is 15.8. The molecule has 2 heterocycles. The van der Waals surface area contributed by atoms with Gasteiger partial charge in [0.1, 0.15) is 5.75 Å². The van der Waals surface area contributed by atoms with Gasteiger partial charge in [-0.25, -0.2) is 0 Å². The van der Waals surface area contributed by atoms with Crippen molar-refractivity contribution in [3.8, 4) is 16.9 Å². The number of amides is 2. The van der Waals surface area contributed by atoms with Crippen molar-refractivity contribution in [1.82, 2.24) is 15.2 Å². The van der Waals surface area contributed by atoms with E-state index in [-0.39, 0.29) is 23.4 Å². The van der Waals surface area contributed by atoms with Crippen LogP contribution in [0.5, 0.6) is 5.75 Å². The third-order valence-corrected chi connectivity index (χ3v) is 6.18. The molecule has 0 radical (unpaired) electrons. The Hall–Kier alpha value is -3.61. The number of aromatic nitrogens is 1. The number of likely N-dealkylation sites (tertiary alicyclic amines) is 1. The second-order valence-electron chi connectivity index (χ2n) is 8.61. The molecule has 1 saturated heterocycles. The van der Waals surface area contributed by atoms with Crippen LogP contribution in [0.25, 0.3) is 21.9 Å². The molecule has 1 aliphatic heterocycles. The molecule has 1 unspecified atom stereocenters. The fourth-order valence-corrected chi connectivity index (χ4v) is 4.45. The lowest BCUT2D eigenvalue weighted by molar-refractivity contribution is -0.139. The molecule has 7 nitrogen and oxygen atoms in total. The van der Waals surface area contributed by atoms with Crippen LogP contribution in [0.15, 0.2) is 53.5 Å². The number of aryl methyl sites for hydroxylation is 1. The molecule has 33 heavy (non-hydrogen) atoms. The summed E-state index contributed by atoms with van der Waals surface area (Å²) in [5.41, 5.74) is 2.92. The SMILES string of the molecule is CC(=O)NC1CCN(C(=O)C(C)Oc2ccc3c(-c4ccccc4C)c[nH]c(=O)c3c2)CC1. The summed E-state index contributed by atoms with van der Waals surface area (Å²) < 4.78 is 5.94. The van der Waals surface area contributed by atoms with Gasteiger partial charge in [-0.3, -0.25) is 14.4 Å². The second kappa shape index (κ2) is 9.48. The summed E-state index contributed by atoms with van der Waals surface area (Å²) in [7, 11) is 0. The molecule has 172 valence electrons. The number of ether oxygens (including phenoxy) is 1. The van der Waals surface area contributed by atoms with E-state index < -0.39 is 6.10 Å². The van der Waals surface area contributed by atoms with E-state index in [4.69, 9.17) is 4.74 Å². The number of benzene rings is 2. The molecule has 0 spiro atoms. The number of carbonyl (C=O) groups excluding carboxylic acids is 2. The molecule has 4 rings (SSSR count). The van der Waals surface area contributed by atoms with Crippen molar-refractivity contribution in [1.29, 1.82) is 0 Å². The Morgan fingerprint density at radius 3 is 2.52 bits per heavy atom. The van der Waals surface area contributed by atoms with Crippen LogP contribution in [0.3, 0.4) is 0 Å². The van der Waals surface area contributed by atoms with Crippen LogP contribution in [0.2, 0.25) is 0 Å². The molecule has 2 aromatic carbocycles. The maximum atomic E-state index is 12.9. The Balaban J connectivity index is 1.51. The molecule has 1 aliphatic rings. The minimum absolute atomic E-state index is 0.0478. The van der Waals surface area contributed by atoms with Gasteiger partial charge in [0, 0.05) is 37.8 Å². The van der Waals surface area contributed by atoms with E-state index in [0.717, 1.165) is 34.9 Å². The first-order valence-electron chi connectivity index (χ1n) is 11.3. The topological polar surface area (TPSA) is 91.5 Å². The summed E-state index contributed by atoms with van der Waals surface area (Å²) in [5.74, 6) is 0.330. The monoisotopic (exact) mass is 447 g/mol. The number of fused-ring (bicyclic) bond motifs is 1. The van der Waals surface area contributed by atoms with E-state index in [9.17, 15) is 14.4 Å². The predicted octanol–water partition coefficient (Wildman–Crippen LogP) is 3.40. The summed E-state index contributed by atoms with van der Waals surface area (Å²) in [6, 6.07) is 13.5. The van der Waals surface area contributed by atoms with Crippen molar-refractivity contribution in [2.75, 3.05) is 13.1 Å². The number of nitrogens with zero attached hydrogens (tertiary/aromatic N) is 1. The fraction of sp³-hybridized carbons (Fsp3) is 0.346. The maximum Gasteiger partial charge on any atom is 0.263 e. The van der Waals surface area contributed by atoms with Crippen molar-refractivity contribution in [2.24, 2.45) is 0 Å². The molecule has 2 N–H and O–H groups in total. The summed E-state index contributed by atoms with van der Waals surface area (Å²) in [6.45, 7) is 6.42. The number of rotatable bonds is 5. The quantitative estimate of drug-likeness (QED) is 0.627. The number of carbonyl (C=O) groups is 2. The van der Waals surface area contributed by atoms with Gasteiger partial charge in [-0.15, -0.1) is 0 Å². The Kier molecular flexibility index (Phi) is 6.49. The zero-order chi connectivity index (χ0) is 23.5. The van der Waals surface area contributed by atoms with Crippen LogP contribution in [0, 0.1) is 6.92 Å². The highest BCUT2D eigenvalue weighted by atomic mass is 16.5. The largest absolute Gasteiger partial charge is 0.481 e. The van der Waals surface area contributed by atoms with Gasteiger partial charge in [-0.1, -0.05) is 24.3 Å². The predicted molar refractivity (Wildman–Crippen MR) is 128 cm³/mol. The van der Waals surface area contributed by atoms with Crippen LogP contribution in [0.4, 0.5) is 0 Å². The highest BCUT2D eigenvalue weighted by molar-refractivity contribution is 5.97. The Morgan fingerprint density at radius 2 is 1.82 bits per heavy atom. The summed E-state index contributed by atoms with van der Waals surface area (Å²) >= 11 is 0. The van der Waals surface area contributed by atoms with E-state index in [0.29, 0.717) is 24.2 Å². The first-order valence-corrected chi connectivity index (χ1v) is 11.3. The molecule has 0 aliphatic carbocycles. The van der Waals surface area contributed by atoms with Crippen LogP contribution in [-0.4, -0.2) is 46.9 Å². The van der Waals surface area contributed by atoms with E-state index in [2.05, 4.69) is 10.3 Å². The summed E-state index contributed by atoms with van der Waals surface area (Å²) in [4.78, 5) is 41.3. The minimum atomic E-state index is -0.682. The molecule has 0 bridgehead atoms. The van der Waals surface area contributed by atoms with Crippen molar-refractivity contribution in [2.45, 2.75) is 45.8 Å². The van der Waals surface area contributed by atoms with Crippen molar-refractivity contribution in [3.05, 3.63) is 64.6 Å². The van der Waals surface area contributed by atoms with Crippen LogP contribution in [0.1, 0.15) is 32.3 Å². The Labute approximate surface area is 192 Å². The van der Waals surface area contributed by atoms with Gasteiger partial charge in [-0.05, 0) is 61.4 Å². The number of H-pyrrole nitrogens is 1. The fourth-order valence-electron chi connectivity index (χ4n) is 4.45. The summed E-state index contributed by atoms with van der Waals surface area (Å²) in [6.07, 6.45) is 2.51. The third kappa shape index (κ3) is 4.92. The molecule has 1 aromatic heterocycles. The van der Waals surface area contributed by atoms with E-state index in [1.165, 1.54) is 6.92 Å². The molecule has 1 fully saturated rings. The van der Waals surface area contributed by atoms with Crippen LogP contribution >= 0.6 is 0 Å². The smallest absolute Gasteiger partial charge is 0.263 e. The van der Waals surface area contributed by atoms with Gasteiger partial charge in [0.2, 0.25) is 5.91 Å². The van der Waals surface area contributed by atoms with Gasteiger partial charge < -0.3 is 19.9 Å². The molecule has 1 atom stereocenters. The number of piperidine rings is 1.